The molecule has 0 radical (unpaired) electrons. The molecular weight excluding hydrogens is 467 g/mol. The van der Waals surface area contributed by atoms with Crippen molar-refractivity contribution in [3.05, 3.63) is 65.7 Å². The standard InChI is InChI=1S/C24H20F3N3O3S/c1-3-33-18-10-6-16(7-11-18)29-22(31)14-34-23-19(13-28)20(24(25,26)27)12-21(30-23)15-4-8-17(32-2)9-5-15/h4-12H,3,14H2,1-2H3,(H,29,31). The van der Waals surface area contributed by atoms with Crippen LogP contribution in [0, 0.1) is 11.3 Å². The topological polar surface area (TPSA) is 84.2 Å². The lowest BCUT2D eigenvalue weighted by atomic mass is 10.1. The number of alkyl halides is 3. The van der Waals surface area contributed by atoms with E-state index in [-0.39, 0.29) is 16.5 Å². The SMILES string of the molecule is CCOc1ccc(NC(=O)CSc2nc(-c3ccc(OC)cc3)cc(C(F)(F)F)c2C#N)cc1. The number of ether oxygens (including phenoxy) is 2. The summed E-state index contributed by atoms with van der Waals surface area (Å²) in [6.07, 6.45) is -4.77. The second-order valence-corrected chi connectivity index (χ2v) is 7.83. The molecule has 3 rings (SSSR count). The van der Waals surface area contributed by atoms with Gasteiger partial charge >= 0.3 is 6.18 Å². The molecule has 6 nitrogen and oxygen atoms in total. The molecule has 10 heteroatoms. The van der Waals surface area contributed by atoms with Crippen LogP contribution in [0.2, 0.25) is 0 Å². The molecule has 0 saturated carbocycles. The number of benzene rings is 2. The van der Waals surface area contributed by atoms with Gasteiger partial charge in [0.25, 0.3) is 0 Å². The van der Waals surface area contributed by atoms with E-state index in [9.17, 15) is 23.2 Å². The minimum Gasteiger partial charge on any atom is -0.497 e. The van der Waals surface area contributed by atoms with Crippen molar-refractivity contribution in [2.24, 2.45) is 0 Å². The average molecular weight is 488 g/mol. The third-order valence-corrected chi connectivity index (χ3v) is 5.55. The maximum Gasteiger partial charge on any atom is 0.417 e. The van der Waals surface area contributed by atoms with Crippen molar-refractivity contribution in [2.75, 3.05) is 24.8 Å². The number of rotatable bonds is 8. The molecule has 0 atom stereocenters. The number of nitrogens with zero attached hydrogens (tertiary/aromatic N) is 2. The molecule has 0 aliphatic carbocycles. The highest BCUT2D eigenvalue weighted by Gasteiger charge is 2.36. The largest absolute Gasteiger partial charge is 0.497 e. The van der Waals surface area contributed by atoms with Crippen molar-refractivity contribution in [1.29, 1.82) is 5.26 Å². The Bertz CT molecular complexity index is 1190. The molecule has 1 amide bonds. The number of carbonyl (C=O) groups is 1. The Morgan fingerprint density at radius 2 is 1.76 bits per heavy atom. The molecule has 176 valence electrons. The number of nitriles is 1. The van der Waals surface area contributed by atoms with Gasteiger partial charge in [0, 0.05) is 11.3 Å². The number of hydrogen-bond acceptors (Lipinski definition) is 6. The first kappa shape index (κ1) is 24.9. The van der Waals surface area contributed by atoms with Gasteiger partial charge in [-0.2, -0.15) is 18.4 Å². The number of methoxy groups -OCH3 is 1. The van der Waals surface area contributed by atoms with Crippen molar-refractivity contribution in [3.63, 3.8) is 0 Å². The second kappa shape index (κ2) is 10.9. The van der Waals surface area contributed by atoms with Gasteiger partial charge < -0.3 is 14.8 Å². The quantitative estimate of drug-likeness (QED) is 0.406. The van der Waals surface area contributed by atoms with E-state index < -0.39 is 23.2 Å². The van der Waals surface area contributed by atoms with Gasteiger partial charge in [0.05, 0.1) is 36.3 Å². The van der Waals surface area contributed by atoms with Crippen molar-refractivity contribution in [1.82, 2.24) is 4.98 Å². The maximum absolute atomic E-state index is 13.7. The van der Waals surface area contributed by atoms with Gasteiger partial charge in [-0.15, -0.1) is 0 Å². The minimum atomic E-state index is -4.77. The van der Waals surface area contributed by atoms with E-state index in [2.05, 4.69) is 10.3 Å². The van der Waals surface area contributed by atoms with Gasteiger partial charge in [0.15, 0.2) is 0 Å². The van der Waals surface area contributed by atoms with Crippen molar-refractivity contribution >= 4 is 23.4 Å². The monoisotopic (exact) mass is 487 g/mol. The van der Waals surface area contributed by atoms with Crippen LogP contribution in [0.1, 0.15) is 18.1 Å². The Hall–Kier alpha value is -3.71. The number of hydrogen-bond donors (Lipinski definition) is 1. The molecule has 1 heterocycles. The molecule has 0 aliphatic heterocycles. The lowest BCUT2D eigenvalue weighted by Gasteiger charge is -2.14. The van der Waals surface area contributed by atoms with E-state index in [1.54, 1.807) is 54.6 Å². The van der Waals surface area contributed by atoms with Gasteiger partial charge in [0.1, 0.15) is 22.6 Å². The van der Waals surface area contributed by atoms with Crippen LogP contribution in [0.5, 0.6) is 11.5 Å². The summed E-state index contributed by atoms with van der Waals surface area (Å²) in [6, 6.07) is 15.4. The summed E-state index contributed by atoms with van der Waals surface area (Å²) in [4.78, 5) is 16.7. The highest BCUT2D eigenvalue weighted by molar-refractivity contribution is 8.00. The number of aromatic nitrogens is 1. The van der Waals surface area contributed by atoms with Crippen molar-refractivity contribution < 1.29 is 27.4 Å². The average Bonchev–Trinajstić information content (AvgIpc) is 2.83. The van der Waals surface area contributed by atoms with Gasteiger partial charge in [-0.25, -0.2) is 4.98 Å². The van der Waals surface area contributed by atoms with Gasteiger partial charge in [-0.05, 0) is 61.5 Å². The molecule has 1 aromatic heterocycles. The Morgan fingerprint density at radius 3 is 2.32 bits per heavy atom. The summed E-state index contributed by atoms with van der Waals surface area (Å²) in [5, 5.41) is 11.9. The molecule has 0 unspecified atom stereocenters. The van der Waals surface area contributed by atoms with Gasteiger partial charge in [-0.1, -0.05) is 11.8 Å². The second-order valence-electron chi connectivity index (χ2n) is 6.87. The highest BCUT2D eigenvalue weighted by atomic mass is 32.2. The maximum atomic E-state index is 13.7. The fraction of sp³-hybridized carbons (Fsp3) is 0.208. The first-order valence-electron chi connectivity index (χ1n) is 10.1. The van der Waals surface area contributed by atoms with Crippen LogP contribution < -0.4 is 14.8 Å². The number of thioether (sulfide) groups is 1. The van der Waals surface area contributed by atoms with E-state index in [1.807, 2.05) is 6.92 Å². The van der Waals surface area contributed by atoms with E-state index in [4.69, 9.17) is 9.47 Å². The molecule has 0 spiro atoms. The molecule has 3 aromatic rings. The lowest BCUT2D eigenvalue weighted by Crippen LogP contribution is -2.15. The molecule has 34 heavy (non-hydrogen) atoms. The normalized spacial score (nSPS) is 10.9. The lowest BCUT2D eigenvalue weighted by molar-refractivity contribution is -0.138. The summed E-state index contributed by atoms with van der Waals surface area (Å²) in [5.74, 6) is 0.489. The van der Waals surface area contributed by atoms with Gasteiger partial charge in [-0.3, -0.25) is 4.79 Å². The summed E-state index contributed by atoms with van der Waals surface area (Å²) in [5.41, 5.74) is -0.778. The Balaban J connectivity index is 1.85. The summed E-state index contributed by atoms with van der Waals surface area (Å²) < 4.78 is 51.5. The summed E-state index contributed by atoms with van der Waals surface area (Å²) in [7, 11) is 1.48. The predicted octanol–water partition coefficient (Wildman–Crippen LogP) is 5.78. The van der Waals surface area contributed by atoms with Crippen molar-refractivity contribution in [3.8, 4) is 28.8 Å². The predicted molar refractivity (Wildman–Crippen MR) is 123 cm³/mol. The molecule has 2 aromatic carbocycles. The zero-order valence-electron chi connectivity index (χ0n) is 18.3. The fourth-order valence-electron chi connectivity index (χ4n) is 3.00. The van der Waals surface area contributed by atoms with Crippen LogP contribution >= 0.6 is 11.8 Å². The third-order valence-electron chi connectivity index (χ3n) is 4.58. The molecule has 0 aliphatic rings. The zero-order valence-corrected chi connectivity index (χ0v) is 19.1. The van der Waals surface area contributed by atoms with Crippen LogP contribution in [0.4, 0.5) is 18.9 Å². The number of anilines is 1. The first-order valence-corrected chi connectivity index (χ1v) is 11.1. The highest BCUT2D eigenvalue weighted by Crippen LogP contribution is 2.38. The van der Waals surface area contributed by atoms with Crippen LogP contribution in [-0.2, 0) is 11.0 Å². The van der Waals surface area contributed by atoms with Crippen LogP contribution in [0.3, 0.4) is 0 Å². The van der Waals surface area contributed by atoms with E-state index >= 15 is 0 Å². The van der Waals surface area contributed by atoms with E-state index in [1.165, 1.54) is 7.11 Å². The van der Waals surface area contributed by atoms with E-state index in [0.29, 0.717) is 29.4 Å². The Morgan fingerprint density at radius 1 is 1.12 bits per heavy atom. The molecule has 0 saturated heterocycles. The smallest absolute Gasteiger partial charge is 0.417 e. The molecule has 0 bridgehead atoms. The van der Waals surface area contributed by atoms with Gasteiger partial charge in [0.2, 0.25) is 5.91 Å². The zero-order chi connectivity index (χ0) is 24.7. The fourth-order valence-corrected chi connectivity index (χ4v) is 3.80. The third kappa shape index (κ3) is 6.20. The Kier molecular flexibility index (Phi) is 8.02. The van der Waals surface area contributed by atoms with Crippen LogP contribution in [0.25, 0.3) is 11.3 Å². The van der Waals surface area contributed by atoms with Crippen molar-refractivity contribution in [2.45, 2.75) is 18.1 Å². The number of carbonyl (C=O) groups excluding carboxylic acids is 1. The minimum absolute atomic E-state index is 0.0309. The molecule has 1 N–H and O–H groups in total. The van der Waals surface area contributed by atoms with Crippen LogP contribution in [-0.4, -0.2) is 30.4 Å². The number of amides is 1. The number of nitrogens with one attached hydrogen (secondary N) is 1. The van der Waals surface area contributed by atoms with Crippen LogP contribution in [0.15, 0.2) is 59.6 Å². The first-order chi connectivity index (χ1) is 16.2. The summed E-state index contributed by atoms with van der Waals surface area (Å²) >= 11 is 0.762. The van der Waals surface area contributed by atoms with E-state index in [0.717, 1.165) is 17.8 Å². The molecule has 0 fully saturated rings. The Labute approximate surface area is 198 Å². The number of halogens is 3. The number of pyridine rings is 1. The molecular formula is C24H20F3N3O3S. The summed E-state index contributed by atoms with van der Waals surface area (Å²) in [6.45, 7) is 2.36.